The second-order valence-electron chi connectivity index (χ2n) is 4.54. The lowest BCUT2D eigenvalue weighted by atomic mass is 10.2. The van der Waals surface area contributed by atoms with E-state index in [9.17, 15) is 21.6 Å². The summed E-state index contributed by atoms with van der Waals surface area (Å²) in [6.45, 7) is -0.384. The molecule has 0 aromatic heterocycles. The van der Waals surface area contributed by atoms with E-state index in [2.05, 4.69) is 0 Å². The van der Waals surface area contributed by atoms with Crippen molar-refractivity contribution in [3.63, 3.8) is 0 Å². The minimum Gasteiger partial charge on any atom is -0.207 e. The molecule has 2 aromatic carbocycles. The van der Waals surface area contributed by atoms with Crippen molar-refractivity contribution in [1.29, 1.82) is 0 Å². The van der Waals surface area contributed by atoms with Gasteiger partial charge in [0.1, 0.15) is 22.3 Å². The first kappa shape index (κ1) is 16.8. The van der Waals surface area contributed by atoms with Crippen molar-refractivity contribution < 1.29 is 21.6 Å². The fourth-order valence-electron chi connectivity index (χ4n) is 1.84. The molecule has 3 nitrogen and oxygen atoms in total. The average molecular weight is 350 g/mol. The molecule has 2 aromatic rings. The van der Waals surface area contributed by atoms with Crippen molar-refractivity contribution in [2.75, 3.05) is 7.05 Å². The first-order chi connectivity index (χ1) is 10.2. The highest BCUT2D eigenvalue weighted by Gasteiger charge is 2.26. The number of sulfonamides is 1. The number of hydrogen-bond acceptors (Lipinski definition) is 2. The molecule has 0 amide bonds. The summed E-state index contributed by atoms with van der Waals surface area (Å²) in [6.07, 6.45) is 0. The minimum absolute atomic E-state index is 0.0299. The van der Waals surface area contributed by atoms with Gasteiger partial charge in [-0.2, -0.15) is 4.31 Å². The minimum atomic E-state index is -4.25. The predicted octanol–water partition coefficient (Wildman–Crippen LogP) is 3.58. The van der Waals surface area contributed by atoms with Gasteiger partial charge in [-0.25, -0.2) is 21.6 Å². The molecule has 118 valence electrons. The normalized spacial score (nSPS) is 11.9. The van der Waals surface area contributed by atoms with Gasteiger partial charge in [-0.15, -0.1) is 0 Å². The van der Waals surface area contributed by atoms with Crippen LogP contribution >= 0.6 is 11.6 Å². The molecule has 0 spiro atoms. The van der Waals surface area contributed by atoms with Gasteiger partial charge in [0.25, 0.3) is 0 Å². The van der Waals surface area contributed by atoms with Crippen LogP contribution in [0.4, 0.5) is 13.2 Å². The molecule has 0 saturated carbocycles. The van der Waals surface area contributed by atoms with Gasteiger partial charge < -0.3 is 0 Å². The molecule has 0 aliphatic rings. The van der Waals surface area contributed by atoms with Crippen molar-refractivity contribution in [3.8, 4) is 0 Å². The van der Waals surface area contributed by atoms with E-state index in [1.54, 1.807) is 0 Å². The first-order valence-electron chi connectivity index (χ1n) is 6.08. The Balaban J connectivity index is 2.37. The van der Waals surface area contributed by atoms with Crippen molar-refractivity contribution >= 4 is 21.6 Å². The maximum Gasteiger partial charge on any atom is 0.246 e. The Morgan fingerprint density at radius 3 is 2.36 bits per heavy atom. The molecule has 0 aliphatic carbocycles. The van der Waals surface area contributed by atoms with Crippen molar-refractivity contribution in [3.05, 3.63) is 64.4 Å². The molecule has 0 radical (unpaired) electrons. The van der Waals surface area contributed by atoms with Crippen molar-refractivity contribution in [2.45, 2.75) is 11.4 Å². The van der Waals surface area contributed by atoms with Crippen LogP contribution in [0, 0.1) is 17.5 Å². The Kier molecular flexibility index (Phi) is 4.79. The summed E-state index contributed by atoms with van der Waals surface area (Å²) in [5, 5.41) is 0.0571. The largest absolute Gasteiger partial charge is 0.246 e. The predicted molar refractivity (Wildman–Crippen MR) is 76.4 cm³/mol. The van der Waals surface area contributed by atoms with E-state index in [1.165, 1.54) is 12.1 Å². The van der Waals surface area contributed by atoms with E-state index >= 15 is 0 Å². The second kappa shape index (κ2) is 6.28. The quantitative estimate of drug-likeness (QED) is 0.846. The van der Waals surface area contributed by atoms with Crippen LogP contribution in [0.2, 0.25) is 5.02 Å². The van der Waals surface area contributed by atoms with E-state index in [0.29, 0.717) is 6.07 Å². The van der Waals surface area contributed by atoms with Crippen LogP contribution in [0.25, 0.3) is 0 Å². The molecule has 0 fully saturated rings. The summed E-state index contributed by atoms with van der Waals surface area (Å²) in [5.74, 6) is -2.78. The van der Waals surface area contributed by atoms with Crippen molar-refractivity contribution in [1.82, 2.24) is 4.31 Å². The average Bonchev–Trinajstić information content (AvgIpc) is 2.42. The Morgan fingerprint density at radius 2 is 1.77 bits per heavy atom. The Hall–Kier alpha value is -1.57. The highest BCUT2D eigenvalue weighted by atomic mass is 35.5. The summed E-state index contributed by atoms with van der Waals surface area (Å²) in [5.41, 5.74) is -0.0299. The first-order valence-corrected chi connectivity index (χ1v) is 7.89. The maximum atomic E-state index is 13.7. The van der Waals surface area contributed by atoms with Gasteiger partial charge >= 0.3 is 0 Å². The van der Waals surface area contributed by atoms with E-state index in [0.717, 1.165) is 29.6 Å². The van der Waals surface area contributed by atoms with Gasteiger partial charge in [0.05, 0.1) is 0 Å². The fourth-order valence-corrected chi connectivity index (χ4v) is 3.25. The van der Waals surface area contributed by atoms with E-state index in [1.807, 2.05) is 0 Å². The van der Waals surface area contributed by atoms with Crippen LogP contribution in [-0.4, -0.2) is 19.8 Å². The third kappa shape index (κ3) is 3.26. The molecule has 22 heavy (non-hydrogen) atoms. The van der Waals surface area contributed by atoms with E-state index in [4.69, 9.17) is 11.6 Å². The Morgan fingerprint density at radius 1 is 1.09 bits per heavy atom. The smallest absolute Gasteiger partial charge is 0.207 e. The molecule has 0 bridgehead atoms. The third-order valence-corrected chi connectivity index (χ3v) is 5.22. The lowest BCUT2D eigenvalue weighted by molar-refractivity contribution is 0.450. The van der Waals surface area contributed by atoms with Crippen LogP contribution in [0.1, 0.15) is 5.56 Å². The number of halogens is 4. The van der Waals surface area contributed by atoms with Gasteiger partial charge in [-0.05, 0) is 24.3 Å². The third-order valence-electron chi connectivity index (χ3n) is 3.02. The number of benzene rings is 2. The highest BCUT2D eigenvalue weighted by Crippen LogP contribution is 2.24. The van der Waals surface area contributed by atoms with Gasteiger partial charge in [0, 0.05) is 30.2 Å². The zero-order valence-electron chi connectivity index (χ0n) is 11.4. The van der Waals surface area contributed by atoms with E-state index in [-0.39, 0.29) is 17.1 Å². The number of rotatable bonds is 4. The monoisotopic (exact) mass is 349 g/mol. The van der Waals surface area contributed by atoms with Gasteiger partial charge in [0.2, 0.25) is 10.0 Å². The molecular formula is C14H11ClF3NO2S. The molecule has 0 saturated heterocycles. The molecule has 0 N–H and O–H groups in total. The summed E-state index contributed by atoms with van der Waals surface area (Å²) >= 11 is 5.84. The lowest BCUT2D eigenvalue weighted by Crippen LogP contribution is -2.28. The fraction of sp³-hybridized carbons (Fsp3) is 0.143. The van der Waals surface area contributed by atoms with Gasteiger partial charge in [0.15, 0.2) is 0 Å². The molecule has 0 heterocycles. The lowest BCUT2D eigenvalue weighted by Gasteiger charge is -2.18. The highest BCUT2D eigenvalue weighted by molar-refractivity contribution is 7.89. The van der Waals surface area contributed by atoms with E-state index < -0.39 is 32.4 Å². The summed E-state index contributed by atoms with van der Waals surface area (Å²) in [4.78, 5) is -0.691. The number of nitrogens with zero attached hydrogens (tertiary/aromatic N) is 1. The molecule has 0 aliphatic heterocycles. The summed E-state index contributed by atoms with van der Waals surface area (Å²) < 4.78 is 65.6. The SMILES string of the molecule is CN(Cc1c(F)cccc1Cl)S(=O)(=O)c1ccc(F)cc1F. The Labute approximate surface area is 131 Å². The molecular weight excluding hydrogens is 339 g/mol. The molecule has 8 heteroatoms. The van der Waals surface area contributed by atoms with Gasteiger partial charge in [-0.1, -0.05) is 17.7 Å². The summed E-state index contributed by atoms with van der Waals surface area (Å²) in [7, 11) is -3.10. The molecule has 0 atom stereocenters. The van der Waals surface area contributed by atoms with Crippen LogP contribution in [0.5, 0.6) is 0 Å². The van der Waals surface area contributed by atoms with Crippen LogP contribution in [0.3, 0.4) is 0 Å². The Bertz CT molecular complexity index is 791. The van der Waals surface area contributed by atoms with Crippen LogP contribution in [-0.2, 0) is 16.6 Å². The molecule has 2 rings (SSSR count). The number of hydrogen-bond donors (Lipinski definition) is 0. The van der Waals surface area contributed by atoms with Crippen molar-refractivity contribution in [2.24, 2.45) is 0 Å². The molecule has 0 unspecified atom stereocenters. The standard InChI is InChI=1S/C14H11ClF3NO2S/c1-19(8-10-11(15)3-2-4-12(10)17)22(20,21)14-6-5-9(16)7-13(14)18/h2-7H,8H2,1H3. The van der Waals surface area contributed by atoms with Crippen LogP contribution in [0.15, 0.2) is 41.3 Å². The topological polar surface area (TPSA) is 37.4 Å². The maximum absolute atomic E-state index is 13.7. The second-order valence-corrected chi connectivity index (χ2v) is 6.96. The zero-order chi connectivity index (χ0) is 16.5. The van der Waals surface area contributed by atoms with Gasteiger partial charge in [-0.3, -0.25) is 0 Å². The summed E-state index contributed by atoms with van der Waals surface area (Å²) in [6, 6.07) is 6.06. The zero-order valence-corrected chi connectivity index (χ0v) is 12.9. The van der Waals surface area contributed by atoms with Crippen LogP contribution < -0.4 is 0 Å².